The van der Waals surface area contributed by atoms with Gasteiger partial charge in [0.25, 0.3) is 0 Å². The van der Waals surface area contributed by atoms with E-state index in [1.807, 2.05) is 55.9 Å². The number of hydrogen-bond acceptors (Lipinski definition) is 6. The molecule has 0 fully saturated rings. The van der Waals surface area contributed by atoms with Gasteiger partial charge < -0.3 is 10.7 Å². The monoisotopic (exact) mass is 428 g/mol. The SMILES string of the molecule is C\C=c1/[nH]nc(-c2nc3c(-c4cccs4)nccc3[nH]2)/c1=C/C(=C\N)c1cnn(C)c1. The summed E-state index contributed by atoms with van der Waals surface area (Å²) in [6.45, 7) is 1.96. The molecule has 0 saturated carbocycles. The molecule has 0 aliphatic heterocycles. The van der Waals surface area contributed by atoms with Crippen LogP contribution in [0.2, 0.25) is 0 Å². The predicted octanol–water partition coefficient (Wildman–Crippen LogP) is 2.39. The van der Waals surface area contributed by atoms with Crippen LogP contribution in [-0.4, -0.2) is 34.9 Å². The molecule has 5 heterocycles. The molecule has 9 heteroatoms. The molecule has 31 heavy (non-hydrogen) atoms. The number of nitrogens with two attached hydrogens (primary N) is 1. The molecule has 0 bridgehead atoms. The molecular weight excluding hydrogens is 408 g/mol. The first-order chi connectivity index (χ1) is 15.2. The van der Waals surface area contributed by atoms with Gasteiger partial charge in [0.1, 0.15) is 16.9 Å². The summed E-state index contributed by atoms with van der Waals surface area (Å²) >= 11 is 1.64. The van der Waals surface area contributed by atoms with Crippen LogP contribution in [0.15, 0.2) is 48.4 Å². The lowest BCUT2D eigenvalue weighted by molar-refractivity contribution is 0.767. The summed E-state index contributed by atoms with van der Waals surface area (Å²) in [5.74, 6) is 0.666. The lowest BCUT2D eigenvalue weighted by Gasteiger charge is -1.97. The van der Waals surface area contributed by atoms with Crippen LogP contribution in [0.5, 0.6) is 0 Å². The van der Waals surface area contributed by atoms with Crippen molar-refractivity contribution in [1.82, 2.24) is 34.9 Å². The zero-order chi connectivity index (χ0) is 21.4. The van der Waals surface area contributed by atoms with E-state index in [9.17, 15) is 0 Å². The van der Waals surface area contributed by atoms with Crippen LogP contribution in [0.4, 0.5) is 0 Å². The lowest BCUT2D eigenvalue weighted by Crippen LogP contribution is -2.23. The topological polar surface area (TPSA) is 114 Å². The van der Waals surface area contributed by atoms with E-state index in [0.29, 0.717) is 11.5 Å². The third-order valence-electron chi connectivity index (χ3n) is 5.02. The number of imidazole rings is 1. The van der Waals surface area contributed by atoms with Gasteiger partial charge in [0, 0.05) is 42.0 Å². The highest BCUT2D eigenvalue weighted by Crippen LogP contribution is 2.29. The Labute approximate surface area is 181 Å². The highest BCUT2D eigenvalue weighted by atomic mass is 32.1. The minimum atomic E-state index is 0.666. The van der Waals surface area contributed by atoms with Gasteiger partial charge in [0.15, 0.2) is 5.82 Å². The smallest absolute Gasteiger partial charge is 0.159 e. The molecule has 0 aromatic carbocycles. The largest absolute Gasteiger partial charge is 0.404 e. The molecule has 5 rings (SSSR count). The third kappa shape index (κ3) is 3.34. The number of thiophene rings is 1. The molecule has 5 aromatic rings. The zero-order valence-corrected chi connectivity index (χ0v) is 17.8. The molecule has 0 saturated heterocycles. The van der Waals surface area contributed by atoms with Crippen molar-refractivity contribution in [1.29, 1.82) is 0 Å². The van der Waals surface area contributed by atoms with Crippen LogP contribution in [0.3, 0.4) is 0 Å². The van der Waals surface area contributed by atoms with Crippen molar-refractivity contribution in [2.45, 2.75) is 6.92 Å². The Bertz CT molecular complexity index is 1520. The number of H-pyrrole nitrogens is 2. The summed E-state index contributed by atoms with van der Waals surface area (Å²) in [6, 6.07) is 5.98. The van der Waals surface area contributed by atoms with Crippen molar-refractivity contribution in [3.8, 4) is 22.1 Å². The quantitative estimate of drug-likeness (QED) is 0.407. The number of nitrogens with zero attached hydrogens (tertiary/aromatic N) is 5. The predicted molar refractivity (Wildman–Crippen MR) is 124 cm³/mol. The maximum Gasteiger partial charge on any atom is 0.159 e. The fourth-order valence-corrected chi connectivity index (χ4v) is 4.23. The Kier molecular flexibility index (Phi) is 4.72. The molecule has 8 nitrogen and oxygen atoms in total. The van der Waals surface area contributed by atoms with Crippen molar-refractivity contribution in [3.63, 3.8) is 0 Å². The van der Waals surface area contributed by atoms with Gasteiger partial charge in [0.2, 0.25) is 0 Å². The number of fused-ring (bicyclic) bond motifs is 1. The van der Waals surface area contributed by atoms with Crippen molar-refractivity contribution >= 4 is 40.1 Å². The Balaban J connectivity index is 1.70. The molecule has 0 atom stereocenters. The summed E-state index contributed by atoms with van der Waals surface area (Å²) < 4.78 is 1.74. The van der Waals surface area contributed by atoms with Gasteiger partial charge in [-0.1, -0.05) is 12.1 Å². The summed E-state index contributed by atoms with van der Waals surface area (Å²) in [6.07, 6.45) is 11.0. The number of aryl methyl sites for hydroxylation is 1. The van der Waals surface area contributed by atoms with Gasteiger partial charge in [0.05, 0.1) is 21.9 Å². The minimum Gasteiger partial charge on any atom is -0.404 e. The Morgan fingerprint density at radius 3 is 2.87 bits per heavy atom. The molecule has 154 valence electrons. The molecule has 0 aliphatic rings. The number of allylic oxidation sites excluding steroid dienone is 1. The van der Waals surface area contributed by atoms with Crippen LogP contribution in [0.25, 0.3) is 50.8 Å². The van der Waals surface area contributed by atoms with Crippen molar-refractivity contribution < 1.29 is 0 Å². The summed E-state index contributed by atoms with van der Waals surface area (Å²) in [4.78, 5) is 13.9. The number of nitrogens with one attached hydrogen (secondary N) is 2. The van der Waals surface area contributed by atoms with Gasteiger partial charge in [-0.05, 0) is 30.5 Å². The highest BCUT2D eigenvalue weighted by Gasteiger charge is 2.15. The van der Waals surface area contributed by atoms with E-state index in [0.717, 1.165) is 43.3 Å². The van der Waals surface area contributed by atoms with Crippen molar-refractivity contribution in [2.75, 3.05) is 0 Å². The van der Waals surface area contributed by atoms with Crippen LogP contribution >= 0.6 is 11.3 Å². The molecule has 5 aromatic heterocycles. The van der Waals surface area contributed by atoms with E-state index in [2.05, 4.69) is 25.3 Å². The maximum atomic E-state index is 5.94. The molecular formula is C22H20N8S. The standard InChI is InChI=1S/C22H20N8S/c1-3-16-15(9-13(10-23)14-11-25-30(2)12-14)19(29-28-16)22-26-17-6-7-24-21(20(17)27-22)18-5-4-8-31-18/h3-12,28H,23H2,1-2H3,(H,26,27)/b13-10+,15-9+,16-3-. The number of rotatable bonds is 4. The summed E-state index contributed by atoms with van der Waals surface area (Å²) in [5.41, 5.74) is 11.0. The fraction of sp³-hybridized carbons (Fsp3) is 0.0909. The number of aromatic nitrogens is 7. The Hall–Kier alpha value is -3.98. The van der Waals surface area contributed by atoms with E-state index in [1.54, 1.807) is 34.6 Å². The van der Waals surface area contributed by atoms with Crippen LogP contribution in [-0.2, 0) is 7.05 Å². The van der Waals surface area contributed by atoms with Gasteiger partial charge in [-0.25, -0.2) is 4.98 Å². The van der Waals surface area contributed by atoms with Gasteiger partial charge in [-0.2, -0.15) is 10.2 Å². The first-order valence-corrected chi connectivity index (χ1v) is 10.6. The molecule has 4 N–H and O–H groups in total. The lowest BCUT2D eigenvalue weighted by atomic mass is 10.1. The Morgan fingerprint density at radius 1 is 1.26 bits per heavy atom. The molecule has 0 radical (unpaired) electrons. The van der Waals surface area contributed by atoms with Gasteiger partial charge in [-0.3, -0.25) is 14.8 Å². The number of hydrogen-bond donors (Lipinski definition) is 3. The summed E-state index contributed by atoms with van der Waals surface area (Å²) in [5, 5.41) is 15.7. The van der Waals surface area contributed by atoms with Crippen LogP contribution < -0.4 is 16.3 Å². The van der Waals surface area contributed by atoms with Gasteiger partial charge >= 0.3 is 0 Å². The van der Waals surface area contributed by atoms with E-state index in [4.69, 9.17) is 10.7 Å². The minimum absolute atomic E-state index is 0.666. The Morgan fingerprint density at radius 2 is 2.16 bits per heavy atom. The third-order valence-corrected chi connectivity index (χ3v) is 5.90. The van der Waals surface area contributed by atoms with E-state index < -0.39 is 0 Å². The van der Waals surface area contributed by atoms with Crippen LogP contribution in [0.1, 0.15) is 12.5 Å². The van der Waals surface area contributed by atoms with Crippen molar-refractivity contribution in [2.24, 2.45) is 12.8 Å². The average Bonchev–Trinajstić information content (AvgIpc) is 3.57. The first-order valence-electron chi connectivity index (χ1n) is 9.70. The second-order valence-electron chi connectivity index (χ2n) is 6.98. The normalized spacial score (nSPS) is 13.5. The second-order valence-corrected chi connectivity index (χ2v) is 7.92. The molecule has 0 spiro atoms. The fourth-order valence-electron chi connectivity index (χ4n) is 3.51. The van der Waals surface area contributed by atoms with Crippen molar-refractivity contribution in [3.05, 3.63) is 64.5 Å². The molecule has 0 amide bonds. The van der Waals surface area contributed by atoms with E-state index in [-0.39, 0.29) is 0 Å². The second kappa shape index (κ2) is 7.69. The number of pyridine rings is 1. The van der Waals surface area contributed by atoms with Crippen LogP contribution in [0, 0.1) is 0 Å². The highest BCUT2D eigenvalue weighted by molar-refractivity contribution is 7.13. The van der Waals surface area contributed by atoms with Gasteiger partial charge in [-0.15, -0.1) is 11.3 Å². The zero-order valence-electron chi connectivity index (χ0n) is 17.0. The molecule has 0 unspecified atom stereocenters. The summed E-state index contributed by atoms with van der Waals surface area (Å²) in [7, 11) is 1.87. The maximum absolute atomic E-state index is 5.94. The average molecular weight is 429 g/mol. The van der Waals surface area contributed by atoms with E-state index in [1.165, 1.54) is 0 Å². The molecule has 0 aliphatic carbocycles. The number of aromatic amines is 2. The van der Waals surface area contributed by atoms with E-state index >= 15 is 0 Å². The first kappa shape index (κ1) is 19.0.